The standard InChI is InChI=1S/C31H50O2/c1-20(2)9-8-10-22(5)25-13-14-26-24-12-11-23-19-31(33,28(32)21(3)4)18-17-29(23,6)27(24)15-16-30(25,26)7/h11,20,22,24-27,33H,3,8-10,12-19H2,1-2,4-7H3/t22-,24+,25-,26+,27+,29+,30-,31?/m1/s1. The normalized spacial score (nSPS) is 43.3. The van der Waals surface area contributed by atoms with Crippen LogP contribution in [0.1, 0.15) is 112 Å². The molecule has 0 aromatic carbocycles. The van der Waals surface area contributed by atoms with Crippen molar-refractivity contribution in [2.75, 3.05) is 0 Å². The summed E-state index contributed by atoms with van der Waals surface area (Å²) in [5.41, 5.74) is 1.30. The van der Waals surface area contributed by atoms with Gasteiger partial charge >= 0.3 is 0 Å². The van der Waals surface area contributed by atoms with E-state index >= 15 is 0 Å². The molecule has 3 fully saturated rings. The number of hydrogen-bond acceptors (Lipinski definition) is 2. The van der Waals surface area contributed by atoms with Gasteiger partial charge in [0.05, 0.1) is 0 Å². The smallest absolute Gasteiger partial charge is 0.189 e. The molecule has 0 saturated heterocycles. The third kappa shape index (κ3) is 4.21. The number of fused-ring (bicyclic) bond motifs is 5. The Morgan fingerprint density at radius 2 is 1.82 bits per heavy atom. The van der Waals surface area contributed by atoms with E-state index in [9.17, 15) is 9.90 Å². The molecular weight excluding hydrogens is 404 g/mol. The first-order valence-electron chi connectivity index (χ1n) is 14.0. The van der Waals surface area contributed by atoms with Crippen LogP contribution in [0.4, 0.5) is 0 Å². The van der Waals surface area contributed by atoms with Crippen molar-refractivity contribution >= 4 is 5.78 Å². The summed E-state index contributed by atoms with van der Waals surface area (Å²) in [5, 5.41) is 11.2. The van der Waals surface area contributed by atoms with E-state index in [1.165, 1.54) is 50.5 Å². The lowest BCUT2D eigenvalue weighted by Crippen LogP contribution is -2.54. The summed E-state index contributed by atoms with van der Waals surface area (Å²) < 4.78 is 0. The molecule has 33 heavy (non-hydrogen) atoms. The van der Waals surface area contributed by atoms with Gasteiger partial charge in [-0.05, 0) is 104 Å². The Morgan fingerprint density at radius 1 is 1.09 bits per heavy atom. The highest BCUT2D eigenvalue weighted by molar-refractivity contribution is 6.01. The van der Waals surface area contributed by atoms with Crippen molar-refractivity contribution in [3.05, 3.63) is 23.8 Å². The van der Waals surface area contributed by atoms with Crippen molar-refractivity contribution in [3.8, 4) is 0 Å². The van der Waals surface area contributed by atoms with Gasteiger partial charge < -0.3 is 5.11 Å². The van der Waals surface area contributed by atoms with Crippen LogP contribution in [0, 0.1) is 46.3 Å². The van der Waals surface area contributed by atoms with Gasteiger partial charge in [-0.25, -0.2) is 0 Å². The van der Waals surface area contributed by atoms with Gasteiger partial charge in [-0.2, -0.15) is 0 Å². The van der Waals surface area contributed by atoms with Gasteiger partial charge in [0.25, 0.3) is 0 Å². The van der Waals surface area contributed by atoms with E-state index < -0.39 is 5.60 Å². The molecule has 0 aromatic rings. The number of Topliss-reactive ketones (excluding diaryl/α,β-unsaturated/α-hetero) is 1. The minimum atomic E-state index is -1.23. The molecule has 2 heteroatoms. The lowest BCUT2D eigenvalue weighted by Gasteiger charge is -2.59. The van der Waals surface area contributed by atoms with Gasteiger partial charge in [0, 0.05) is 6.42 Å². The number of rotatable bonds is 7. The van der Waals surface area contributed by atoms with Gasteiger partial charge in [-0.3, -0.25) is 4.79 Å². The number of carbonyl (C=O) groups is 1. The zero-order chi connectivity index (χ0) is 24.2. The molecule has 0 bridgehead atoms. The van der Waals surface area contributed by atoms with Crippen molar-refractivity contribution < 1.29 is 9.90 Å². The number of ketones is 1. The molecule has 0 amide bonds. The van der Waals surface area contributed by atoms with E-state index in [-0.39, 0.29) is 11.2 Å². The van der Waals surface area contributed by atoms with Gasteiger partial charge in [-0.15, -0.1) is 0 Å². The van der Waals surface area contributed by atoms with Crippen LogP contribution in [-0.2, 0) is 4.79 Å². The molecule has 4 aliphatic rings. The van der Waals surface area contributed by atoms with Crippen molar-refractivity contribution in [2.45, 2.75) is 118 Å². The van der Waals surface area contributed by atoms with E-state index in [2.05, 4.69) is 47.3 Å². The van der Waals surface area contributed by atoms with Crippen LogP contribution < -0.4 is 0 Å². The summed E-state index contributed by atoms with van der Waals surface area (Å²) in [6, 6.07) is 0. The summed E-state index contributed by atoms with van der Waals surface area (Å²) in [6.45, 7) is 17.9. The van der Waals surface area contributed by atoms with Crippen LogP contribution in [0.15, 0.2) is 23.8 Å². The Labute approximate surface area is 203 Å². The monoisotopic (exact) mass is 454 g/mol. The fourth-order valence-electron chi connectivity index (χ4n) is 9.26. The third-order valence-corrected chi connectivity index (χ3v) is 11.2. The molecule has 1 unspecified atom stereocenters. The van der Waals surface area contributed by atoms with E-state index in [1.807, 2.05) is 0 Å². The van der Waals surface area contributed by atoms with Gasteiger partial charge in [-0.1, -0.05) is 72.1 Å². The van der Waals surface area contributed by atoms with Crippen molar-refractivity contribution in [1.29, 1.82) is 0 Å². The Bertz CT molecular complexity index is 808. The maximum atomic E-state index is 12.7. The number of hydrogen-bond donors (Lipinski definition) is 1. The van der Waals surface area contributed by atoms with Crippen LogP contribution in [0.2, 0.25) is 0 Å². The molecule has 4 aliphatic carbocycles. The van der Waals surface area contributed by atoms with Gasteiger partial charge in [0.2, 0.25) is 0 Å². The highest BCUT2D eigenvalue weighted by Crippen LogP contribution is 2.67. The first kappa shape index (κ1) is 25.2. The second-order valence-electron chi connectivity index (χ2n) is 13.6. The molecule has 8 atom stereocenters. The zero-order valence-corrected chi connectivity index (χ0v) is 22.4. The SMILES string of the molecule is C=C(C)C(=O)C1(O)CC[C@@]2(C)C(=CC[C@H]3[C@@H]4CC[C@H]([C@H](C)CCCC(C)C)[C@@]4(C)CC[C@@H]32)C1. The molecule has 0 radical (unpaired) electrons. The molecule has 0 aliphatic heterocycles. The number of carbonyl (C=O) groups excluding carboxylic acids is 1. The highest BCUT2D eigenvalue weighted by Gasteiger charge is 2.60. The summed E-state index contributed by atoms with van der Waals surface area (Å²) in [4.78, 5) is 12.7. The van der Waals surface area contributed by atoms with E-state index in [4.69, 9.17) is 0 Å². The summed E-state index contributed by atoms with van der Waals surface area (Å²) >= 11 is 0. The van der Waals surface area contributed by atoms with Crippen LogP contribution in [0.5, 0.6) is 0 Å². The zero-order valence-electron chi connectivity index (χ0n) is 22.4. The Morgan fingerprint density at radius 3 is 2.48 bits per heavy atom. The molecule has 0 spiro atoms. The Hall–Kier alpha value is -0.890. The Balaban J connectivity index is 1.51. The van der Waals surface area contributed by atoms with E-state index in [0.717, 1.165) is 48.3 Å². The molecule has 186 valence electrons. The van der Waals surface area contributed by atoms with Crippen molar-refractivity contribution in [3.63, 3.8) is 0 Å². The third-order valence-electron chi connectivity index (χ3n) is 11.2. The van der Waals surface area contributed by atoms with E-state index in [0.29, 0.717) is 23.8 Å². The van der Waals surface area contributed by atoms with Crippen molar-refractivity contribution in [2.24, 2.45) is 46.3 Å². The van der Waals surface area contributed by atoms with Crippen LogP contribution in [-0.4, -0.2) is 16.5 Å². The molecule has 1 N–H and O–H groups in total. The van der Waals surface area contributed by atoms with Gasteiger partial charge in [0.15, 0.2) is 5.78 Å². The Kier molecular flexibility index (Phi) is 6.84. The minimum Gasteiger partial charge on any atom is -0.381 e. The summed E-state index contributed by atoms with van der Waals surface area (Å²) in [5.74, 6) is 4.76. The molecule has 0 heterocycles. The molecule has 2 nitrogen and oxygen atoms in total. The summed E-state index contributed by atoms with van der Waals surface area (Å²) in [7, 11) is 0. The second kappa shape index (κ2) is 8.96. The van der Waals surface area contributed by atoms with E-state index in [1.54, 1.807) is 6.92 Å². The predicted molar refractivity (Wildman–Crippen MR) is 138 cm³/mol. The predicted octanol–water partition coefficient (Wildman–Crippen LogP) is 7.90. The van der Waals surface area contributed by atoms with Crippen LogP contribution in [0.25, 0.3) is 0 Å². The molecule has 3 saturated carbocycles. The lowest BCUT2D eigenvalue weighted by atomic mass is 9.46. The van der Waals surface area contributed by atoms with Crippen LogP contribution in [0.3, 0.4) is 0 Å². The largest absolute Gasteiger partial charge is 0.381 e. The molecule has 4 rings (SSSR count). The average molecular weight is 455 g/mol. The lowest BCUT2D eigenvalue weighted by molar-refractivity contribution is -0.139. The fourth-order valence-corrected chi connectivity index (χ4v) is 9.26. The maximum Gasteiger partial charge on any atom is 0.189 e. The average Bonchev–Trinajstić information content (AvgIpc) is 3.10. The number of allylic oxidation sites excluding steroid dienone is 1. The molecule has 0 aromatic heterocycles. The highest BCUT2D eigenvalue weighted by atomic mass is 16.3. The first-order chi connectivity index (χ1) is 15.4. The first-order valence-corrected chi connectivity index (χ1v) is 14.0. The maximum absolute atomic E-state index is 12.7. The van der Waals surface area contributed by atoms with Crippen LogP contribution >= 0.6 is 0 Å². The van der Waals surface area contributed by atoms with Gasteiger partial charge in [0.1, 0.15) is 5.60 Å². The molecular formula is C31H50O2. The number of aliphatic hydroxyl groups is 1. The second-order valence-corrected chi connectivity index (χ2v) is 13.6. The fraction of sp³-hybridized carbons (Fsp3) is 0.839. The quantitative estimate of drug-likeness (QED) is 0.313. The topological polar surface area (TPSA) is 37.3 Å². The summed E-state index contributed by atoms with van der Waals surface area (Å²) in [6.07, 6.45) is 15.4. The van der Waals surface area contributed by atoms with Crippen molar-refractivity contribution in [1.82, 2.24) is 0 Å². The minimum absolute atomic E-state index is 0.145.